The molecule has 3 rings (SSSR count). The summed E-state index contributed by atoms with van der Waals surface area (Å²) in [7, 11) is 3.50. The van der Waals surface area contributed by atoms with E-state index in [2.05, 4.69) is 10.3 Å². The maximum atomic E-state index is 11.6. The van der Waals surface area contributed by atoms with Crippen LogP contribution in [0.3, 0.4) is 0 Å². The zero-order chi connectivity index (χ0) is 15.0. The van der Waals surface area contributed by atoms with Crippen LogP contribution in [-0.4, -0.2) is 32.5 Å². The van der Waals surface area contributed by atoms with Gasteiger partial charge in [-0.25, -0.2) is 4.68 Å². The molecular weight excluding hydrogens is 268 g/mol. The molecule has 1 aromatic carbocycles. The summed E-state index contributed by atoms with van der Waals surface area (Å²) in [5.74, 6) is 0.840. The van der Waals surface area contributed by atoms with Gasteiger partial charge in [0.1, 0.15) is 11.3 Å². The average Bonchev–Trinajstić information content (AvgIpc) is 3.01. The predicted octanol–water partition coefficient (Wildman–Crippen LogP) is 2.03. The number of aromatic nitrogens is 4. The lowest BCUT2D eigenvalue weighted by atomic mass is 10.2. The maximum Gasteiger partial charge on any atom is 0.176 e. The third kappa shape index (κ3) is 2.29. The Balaban J connectivity index is 1.98. The number of carbonyl (C=O) groups is 1. The largest absolute Gasteiger partial charge is 0.497 e. The van der Waals surface area contributed by atoms with Crippen molar-refractivity contribution in [2.24, 2.45) is 7.05 Å². The highest BCUT2D eigenvalue weighted by atomic mass is 16.5. The minimum Gasteiger partial charge on any atom is -0.497 e. The molecule has 0 unspecified atom stereocenters. The number of aryl methyl sites for hydroxylation is 1. The number of ketones is 1. The summed E-state index contributed by atoms with van der Waals surface area (Å²) >= 11 is 0. The van der Waals surface area contributed by atoms with Crippen molar-refractivity contribution in [2.75, 3.05) is 7.11 Å². The lowest BCUT2D eigenvalue weighted by Crippen LogP contribution is -2.08. The van der Waals surface area contributed by atoms with Crippen LogP contribution >= 0.6 is 0 Å². The second kappa shape index (κ2) is 5.05. The Morgan fingerprint density at radius 1 is 1.29 bits per heavy atom. The summed E-state index contributed by atoms with van der Waals surface area (Å²) in [4.78, 5) is 11.6. The van der Waals surface area contributed by atoms with Gasteiger partial charge >= 0.3 is 0 Å². The van der Waals surface area contributed by atoms with Crippen molar-refractivity contribution in [3.8, 4) is 5.75 Å². The van der Waals surface area contributed by atoms with Gasteiger partial charge in [0.2, 0.25) is 0 Å². The fourth-order valence-corrected chi connectivity index (χ4v) is 2.45. The molecule has 0 bridgehead atoms. The molecule has 0 amide bonds. The lowest BCUT2D eigenvalue weighted by Gasteiger charge is -2.06. The van der Waals surface area contributed by atoms with Crippen LogP contribution in [0.4, 0.5) is 0 Å². The van der Waals surface area contributed by atoms with Crippen LogP contribution in [0.25, 0.3) is 11.2 Å². The Hall–Kier alpha value is -2.63. The summed E-state index contributed by atoms with van der Waals surface area (Å²) in [5, 5.41) is 8.29. The van der Waals surface area contributed by atoms with Crippen LogP contribution in [0.15, 0.2) is 30.3 Å². The second-order valence-electron chi connectivity index (χ2n) is 4.95. The number of methoxy groups -OCH3 is 1. The minimum atomic E-state index is 0.0199. The number of hydrogen-bond acceptors (Lipinski definition) is 4. The monoisotopic (exact) mass is 284 g/mol. The van der Waals surface area contributed by atoms with E-state index in [1.54, 1.807) is 24.8 Å². The zero-order valence-electron chi connectivity index (χ0n) is 12.2. The molecule has 2 aromatic heterocycles. The van der Waals surface area contributed by atoms with Crippen molar-refractivity contribution in [1.82, 2.24) is 19.6 Å². The van der Waals surface area contributed by atoms with Gasteiger partial charge in [-0.15, -0.1) is 5.10 Å². The molecule has 0 aliphatic heterocycles. The number of benzene rings is 1. The SMILES string of the molecule is COc1ccc(Cn2nnc3cc(C(C)=O)n(C)c32)cc1. The average molecular weight is 284 g/mol. The standard InChI is InChI=1S/C15H16N4O2/c1-10(20)14-8-13-15(18(14)2)19(17-16-13)9-11-4-6-12(21-3)7-5-11/h4-8H,9H2,1-3H3. The van der Waals surface area contributed by atoms with Gasteiger partial charge < -0.3 is 9.30 Å². The fraction of sp³-hybridized carbons (Fsp3) is 0.267. The first kappa shape index (κ1) is 13.4. The van der Waals surface area contributed by atoms with E-state index in [0.717, 1.165) is 22.5 Å². The molecule has 0 N–H and O–H groups in total. The van der Waals surface area contributed by atoms with Crippen molar-refractivity contribution in [3.63, 3.8) is 0 Å². The van der Waals surface area contributed by atoms with Crippen molar-refractivity contribution in [2.45, 2.75) is 13.5 Å². The summed E-state index contributed by atoms with van der Waals surface area (Å²) in [6.07, 6.45) is 0. The third-order valence-electron chi connectivity index (χ3n) is 3.54. The number of hydrogen-bond donors (Lipinski definition) is 0. The first-order chi connectivity index (χ1) is 10.1. The number of nitrogens with zero attached hydrogens (tertiary/aromatic N) is 4. The minimum absolute atomic E-state index is 0.0199. The lowest BCUT2D eigenvalue weighted by molar-refractivity contribution is 0.101. The van der Waals surface area contributed by atoms with Gasteiger partial charge in [-0.1, -0.05) is 17.3 Å². The van der Waals surface area contributed by atoms with E-state index in [0.29, 0.717) is 12.2 Å². The predicted molar refractivity (Wildman–Crippen MR) is 78.6 cm³/mol. The quantitative estimate of drug-likeness (QED) is 0.688. The van der Waals surface area contributed by atoms with Crippen molar-refractivity contribution in [1.29, 1.82) is 0 Å². The number of fused-ring (bicyclic) bond motifs is 1. The van der Waals surface area contributed by atoms with E-state index in [1.807, 2.05) is 35.9 Å². The Bertz CT molecular complexity index is 799. The Kier molecular flexibility index (Phi) is 3.21. The molecule has 3 aromatic rings. The van der Waals surface area contributed by atoms with Crippen LogP contribution in [-0.2, 0) is 13.6 Å². The Morgan fingerprint density at radius 3 is 2.62 bits per heavy atom. The molecule has 6 heteroatoms. The highest BCUT2D eigenvalue weighted by Crippen LogP contribution is 2.18. The highest BCUT2D eigenvalue weighted by molar-refractivity contribution is 5.97. The molecule has 21 heavy (non-hydrogen) atoms. The molecule has 2 heterocycles. The van der Waals surface area contributed by atoms with E-state index >= 15 is 0 Å². The summed E-state index contributed by atoms with van der Waals surface area (Å²) < 4.78 is 8.78. The molecule has 0 fully saturated rings. The molecule has 0 saturated heterocycles. The number of rotatable bonds is 4. The Labute approximate surface area is 121 Å². The molecular formula is C15H16N4O2. The van der Waals surface area contributed by atoms with Gasteiger partial charge in [0, 0.05) is 14.0 Å². The van der Waals surface area contributed by atoms with Gasteiger partial charge in [-0.3, -0.25) is 4.79 Å². The van der Waals surface area contributed by atoms with E-state index in [9.17, 15) is 4.79 Å². The zero-order valence-corrected chi connectivity index (χ0v) is 12.2. The molecule has 0 atom stereocenters. The molecule has 6 nitrogen and oxygen atoms in total. The van der Waals surface area contributed by atoms with E-state index in [-0.39, 0.29) is 5.78 Å². The maximum absolute atomic E-state index is 11.6. The number of carbonyl (C=O) groups excluding carboxylic acids is 1. The fourth-order valence-electron chi connectivity index (χ4n) is 2.45. The van der Waals surface area contributed by atoms with Gasteiger partial charge in [0.15, 0.2) is 11.4 Å². The van der Waals surface area contributed by atoms with Crippen LogP contribution in [0.2, 0.25) is 0 Å². The molecule has 0 spiro atoms. The van der Waals surface area contributed by atoms with Gasteiger partial charge in [-0.05, 0) is 23.8 Å². The summed E-state index contributed by atoms with van der Waals surface area (Å²) in [5.41, 5.74) is 3.30. The smallest absolute Gasteiger partial charge is 0.176 e. The molecule has 0 aliphatic rings. The van der Waals surface area contributed by atoms with Crippen molar-refractivity contribution >= 4 is 16.9 Å². The van der Waals surface area contributed by atoms with E-state index < -0.39 is 0 Å². The van der Waals surface area contributed by atoms with Crippen LogP contribution in [0, 0.1) is 0 Å². The Morgan fingerprint density at radius 2 is 2.00 bits per heavy atom. The van der Waals surface area contributed by atoms with Crippen LogP contribution < -0.4 is 4.74 Å². The van der Waals surface area contributed by atoms with Crippen molar-refractivity contribution in [3.05, 3.63) is 41.6 Å². The normalized spacial score (nSPS) is 11.0. The number of ether oxygens (including phenoxy) is 1. The van der Waals surface area contributed by atoms with Gasteiger partial charge in [0.05, 0.1) is 19.3 Å². The van der Waals surface area contributed by atoms with E-state index in [1.165, 1.54) is 0 Å². The summed E-state index contributed by atoms with van der Waals surface area (Å²) in [6.45, 7) is 2.14. The summed E-state index contributed by atoms with van der Waals surface area (Å²) in [6, 6.07) is 9.57. The van der Waals surface area contributed by atoms with Crippen LogP contribution in [0.1, 0.15) is 23.0 Å². The van der Waals surface area contributed by atoms with Gasteiger partial charge in [-0.2, -0.15) is 0 Å². The first-order valence-electron chi connectivity index (χ1n) is 6.63. The topological polar surface area (TPSA) is 61.9 Å². The van der Waals surface area contributed by atoms with E-state index in [4.69, 9.17) is 4.74 Å². The molecule has 108 valence electrons. The second-order valence-corrected chi connectivity index (χ2v) is 4.95. The highest BCUT2D eigenvalue weighted by Gasteiger charge is 2.15. The number of Topliss-reactive ketones (excluding diaryl/α,β-unsaturated/α-hetero) is 1. The third-order valence-corrected chi connectivity index (χ3v) is 3.54. The molecule has 0 aliphatic carbocycles. The first-order valence-corrected chi connectivity index (χ1v) is 6.63. The van der Waals surface area contributed by atoms with Crippen molar-refractivity contribution < 1.29 is 9.53 Å². The molecule has 0 radical (unpaired) electrons. The molecule has 0 saturated carbocycles. The van der Waals surface area contributed by atoms with Crippen LogP contribution in [0.5, 0.6) is 5.75 Å². The van der Waals surface area contributed by atoms with Gasteiger partial charge in [0.25, 0.3) is 0 Å².